The van der Waals surface area contributed by atoms with E-state index in [4.69, 9.17) is 5.73 Å². The molecule has 8 heteroatoms. The molecule has 0 saturated heterocycles. The number of hydrogen-bond donors (Lipinski definition) is 2. The second-order valence-electron chi connectivity index (χ2n) is 7.44. The molecular weight excluding hydrogens is 400 g/mol. The van der Waals surface area contributed by atoms with Crippen molar-refractivity contribution >= 4 is 11.6 Å². The highest BCUT2D eigenvalue weighted by Crippen LogP contribution is 2.23. The maximum atomic E-state index is 9.58. The Labute approximate surface area is 186 Å². The number of nitriles is 1. The van der Waals surface area contributed by atoms with E-state index in [-0.39, 0.29) is 0 Å². The van der Waals surface area contributed by atoms with E-state index in [1.165, 1.54) is 0 Å². The molecule has 0 aliphatic rings. The number of pyridine rings is 1. The van der Waals surface area contributed by atoms with Crippen LogP contribution in [0.4, 0.5) is 11.6 Å². The van der Waals surface area contributed by atoms with E-state index in [1.807, 2.05) is 56.3 Å². The summed E-state index contributed by atoms with van der Waals surface area (Å²) in [6, 6.07) is 15.6. The number of nitrogens with zero attached hydrogens (tertiary/aromatic N) is 6. The van der Waals surface area contributed by atoms with E-state index >= 15 is 0 Å². The van der Waals surface area contributed by atoms with Crippen LogP contribution in [0.15, 0.2) is 54.9 Å². The molecule has 1 aromatic carbocycles. The molecule has 0 radical (unpaired) electrons. The van der Waals surface area contributed by atoms with Gasteiger partial charge >= 0.3 is 0 Å². The summed E-state index contributed by atoms with van der Waals surface area (Å²) in [5, 5.41) is 17.6. The molecule has 0 atom stereocenters. The van der Waals surface area contributed by atoms with Gasteiger partial charge in [0.1, 0.15) is 23.3 Å². The third kappa shape index (κ3) is 4.27. The maximum Gasteiger partial charge on any atom is 0.163 e. The number of nitrogen functional groups attached to an aromatic ring is 1. The quantitative estimate of drug-likeness (QED) is 0.433. The molecule has 4 aromatic rings. The fourth-order valence-electron chi connectivity index (χ4n) is 3.43. The van der Waals surface area contributed by atoms with E-state index in [1.54, 1.807) is 17.1 Å². The lowest BCUT2D eigenvalue weighted by atomic mass is 10.1. The number of benzene rings is 1. The van der Waals surface area contributed by atoms with Gasteiger partial charge in [0.2, 0.25) is 0 Å². The van der Waals surface area contributed by atoms with Gasteiger partial charge in [-0.2, -0.15) is 10.4 Å². The standard InChI is InChI=1S/C24H24N8/c1-16-17(2)29-24(18-8-6-12-27-15-18)30-23(16)28-13-7-11-21-20(14-25)22(26)32(31-21)19-9-4-3-5-10-19/h3-6,8-10,12,15H,7,11,13,26H2,1-2H3,(H,28,29,30). The molecule has 32 heavy (non-hydrogen) atoms. The third-order valence-electron chi connectivity index (χ3n) is 5.30. The Kier molecular flexibility index (Phi) is 6.08. The van der Waals surface area contributed by atoms with E-state index in [9.17, 15) is 5.26 Å². The van der Waals surface area contributed by atoms with Gasteiger partial charge in [-0.15, -0.1) is 0 Å². The zero-order chi connectivity index (χ0) is 22.5. The molecule has 3 aromatic heterocycles. The van der Waals surface area contributed by atoms with E-state index in [2.05, 4.69) is 31.4 Å². The number of hydrogen-bond acceptors (Lipinski definition) is 7. The molecule has 0 spiro atoms. The summed E-state index contributed by atoms with van der Waals surface area (Å²) < 4.78 is 1.62. The van der Waals surface area contributed by atoms with Crippen LogP contribution in [0.2, 0.25) is 0 Å². The van der Waals surface area contributed by atoms with Gasteiger partial charge in [-0.3, -0.25) is 4.98 Å². The summed E-state index contributed by atoms with van der Waals surface area (Å²) in [7, 11) is 0. The fourth-order valence-corrected chi connectivity index (χ4v) is 3.43. The van der Waals surface area contributed by atoms with Crippen LogP contribution in [0.25, 0.3) is 17.1 Å². The average Bonchev–Trinajstić information content (AvgIpc) is 3.15. The second kappa shape index (κ2) is 9.27. The molecule has 0 bridgehead atoms. The minimum atomic E-state index is 0.366. The van der Waals surface area contributed by atoms with Gasteiger partial charge in [0.05, 0.1) is 11.4 Å². The number of para-hydroxylation sites is 1. The summed E-state index contributed by atoms with van der Waals surface area (Å²) in [5.41, 5.74) is 11.0. The lowest BCUT2D eigenvalue weighted by molar-refractivity contribution is 0.788. The van der Waals surface area contributed by atoms with Crippen molar-refractivity contribution in [2.45, 2.75) is 26.7 Å². The predicted octanol–water partition coefficient (Wildman–Crippen LogP) is 3.84. The van der Waals surface area contributed by atoms with Gasteiger partial charge in [0.25, 0.3) is 0 Å². The van der Waals surface area contributed by atoms with Crippen molar-refractivity contribution in [1.82, 2.24) is 24.7 Å². The molecule has 0 aliphatic heterocycles. The molecule has 0 unspecified atom stereocenters. The Morgan fingerprint density at radius 1 is 1.09 bits per heavy atom. The highest BCUT2D eigenvalue weighted by atomic mass is 15.3. The van der Waals surface area contributed by atoms with Crippen LogP contribution >= 0.6 is 0 Å². The van der Waals surface area contributed by atoms with Gasteiger partial charge in [0.15, 0.2) is 5.82 Å². The first kappa shape index (κ1) is 21.0. The molecule has 3 N–H and O–H groups in total. The monoisotopic (exact) mass is 424 g/mol. The topological polar surface area (TPSA) is 118 Å². The maximum absolute atomic E-state index is 9.58. The summed E-state index contributed by atoms with van der Waals surface area (Å²) in [6.07, 6.45) is 4.87. The Morgan fingerprint density at radius 3 is 2.62 bits per heavy atom. The highest BCUT2D eigenvalue weighted by Gasteiger charge is 2.16. The number of nitrogens with two attached hydrogens (primary N) is 1. The van der Waals surface area contributed by atoms with Crippen LogP contribution in [-0.4, -0.2) is 31.3 Å². The molecular formula is C24H24N8. The first-order chi connectivity index (χ1) is 15.6. The molecule has 8 nitrogen and oxygen atoms in total. The van der Waals surface area contributed by atoms with Crippen molar-refractivity contribution in [1.29, 1.82) is 5.26 Å². The molecule has 0 fully saturated rings. The Hall–Kier alpha value is -4.25. The van der Waals surface area contributed by atoms with Crippen LogP contribution in [0.1, 0.15) is 28.9 Å². The van der Waals surface area contributed by atoms with Crippen LogP contribution < -0.4 is 11.1 Å². The minimum Gasteiger partial charge on any atom is -0.382 e. The summed E-state index contributed by atoms with van der Waals surface area (Å²) in [5.74, 6) is 1.81. The third-order valence-corrected chi connectivity index (χ3v) is 5.30. The van der Waals surface area contributed by atoms with E-state index in [0.29, 0.717) is 35.9 Å². The summed E-state index contributed by atoms with van der Waals surface area (Å²) in [6.45, 7) is 4.65. The van der Waals surface area contributed by atoms with Crippen LogP contribution in [0.3, 0.4) is 0 Å². The summed E-state index contributed by atoms with van der Waals surface area (Å²) >= 11 is 0. The van der Waals surface area contributed by atoms with Gasteiger partial charge < -0.3 is 11.1 Å². The summed E-state index contributed by atoms with van der Waals surface area (Å²) in [4.78, 5) is 13.4. The molecule has 0 saturated carbocycles. The largest absolute Gasteiger partial charge is 0.382 e. The zero-order valence-electron chi connectivity index (χ0n) is 18.1. The van der Waals surface area contributed by atoms with E-state index in [0.717, 1.165) is 34.7 Å². The van der Waals surface area contributed by atoms with Crippen molar-refractivity contribution in [2.24, 2.45) is 0 Å². The van der Waals surface area contributed by atoms with Crippen molar-refractivity contribution in [3.8, 4) is 23.1 Å². The Bertz CT molecular complexity index is 1250. The van der Waals surface area contributed by atoms with Crippen molar-refractivity contribution < 1.29 is 0 Å². The smallest absolute Gasteiger partial charge is 0.163 e. The second-order valence-corrected chi connectivity index (χ2v) is 7.44. The zero-order valence-corrected chi connectivity index (χ0v) is 18.1. The van der Waals surface area contributed by atoms with Crippen molar-refractivity contribution in [2.75, 3.05) is 17.6 Å². The normalized spacial score (nSPS) is 10.7. The highest BCUT2D eigenvalue weighted by molar-refractivity contribution is 5.59. The number of aryl methyl sites for hydroxylation is 2. The molecule has 0 aliphatic carbocycles. The number of anilines is 2. The lowest BCUT2D eigenvalue weighted by Crippen LogP contribution is -2.09. The lowest BCUT2D eigenvalue weighted by Gasteiger charge is -2.12. The molecule has 3 heterocycles. The number of aromatic nitrogens is 5. The van der Waals surface area contributed by atoms with Crippen molar-refractivity contribution in [3.63, 3.8) is 0 Å². The number of rotatable bonds is 7. The molecule has 0 amide bonds. The average molecular weight is 425 g/mol. The SMILES string of the molecule is Cc1nc(-c2cccnc2)nc(NCCCc2nn(-c3ccccc3)c(N)c2C#N)c1C. The minimum absolute atomic E-state index is 0.366. The Morgan fingerprint density at radius 2 is 1.91 bits per heavy atom. The van der Waals surface area contributed by atoms with Crippen LogP contribution in [0.5, 0.6) is 0 Å². The Balaban J connectivity index is 1.46. The van der Waals surface area contributed by atoms with Gasteiger partial charge in [-0.1, -0.05) is 18.2 Å². The first-order valence-electron chi connectivity index (χ1n) is 10.4. The molecule has 160 valence electrons. The van der Waals surface area contributed by atoms with E-state index < -0.39 is 0 Å². The van der Waals surface area contributed by atoms with Crippen molar-refractivity contribution in [3.05, 3.63) is 77.4 Å². The molecule has 4 rings (SSSR count). The van der Waals surface area contributed by atoms with Crippen LogP contribution in [0, 0.1) is 25.2 Å². The van der Waals surface area contributed by atoms with Gasteiger partial charge in [-0.25, -0.2) is 14.6 Å². The van der Waals surface area contributed by atoms with Gasteiger partial charge in [0, 0.05) is 35.8 Å². The first-order valence-corrected chi connectivity index (χ1v) is 10.4. The predicted molar refractivity (Wildman–Crippen MR) is 124 cm³/mol. The fraction of sp³-hybridized carbons (Fsp3) is 0.208. The number of nitrogens with one attached hydrogen (secondary N) is 1. The van der Waals surface area contributed by atoms with Crippen LogP contribution in [-0.2, 0) is 6.42 Å². The van der Waals surface area contributed by atoms with Gasteiger partial charge in [-0.05, 0) is 51.0 Å².